The normalized spacial score (nSPS) is 20.6. The van der Waals surface area contributed by atoms with Gasteiger partial charge in [-0.05, 0) is 15.9 Å². The van der Waals surface area contributed by atoms with Crippen molar-refractivity contribution < 1.29 is 4.74 Å². The molecule has 0 unspecified atom stereocenters. The molecule has 0 spiro atoms. The van der Waals surface area contributed by atoms with Crippen molar-refractivity contribution in [2.75, 3.05) is 31.1 Å². The van der Waals surface area contributed by atoms with Gasteiger partial charge in [-0.2, -0.15) is 5.10 Å². The number of hydrogen-bond donors (Lipinski definition) is 2. The summed E-state index contributed by atoms with van der Waals surface area (Å²) in [6.45, 7) is 2.86. The maximum absolute atomic E-state index is 5.68. The average Bonchev–Trinajstić information content (AvgIpc) is 2.87. The lowest BCUT2D eigenvalue weighted by Crippen LogP contribution is -2.45. The van der Waals surface area contributed by atoms with Crippen LogP contribution in [0.5, 0.6) is 0 Å². The molecule has 0 bridgehead atoms. The Bertz CT molecular complexity index is 557. The molecule has 6 nitrogen and oxygen atoms in total. The van der Waals surface area contributed by atoms with Crippen LogP contribution in [0.25, 0.3) is 11.0 Å². The van der Waals surface area contributed by atoms with Crippen molar-refractivity contribution in [3.63, 3.8) is 0 Å². The number of morpholine rings is 1. The van der Waals surface area contributed by atoms with Gasteiger partial charge < -0.3 is 15.4 Å². The van der Waals surface area contributed by atoms with Crippen LogP contribution in [0.1, 0.15) is 0 Å². The van der Waals surface area contributed by atoms with Crippen LogP contribution in [0.4, 0.5) is 5.69 Å². The van der Waals surface area contributed by atoms with Gasteiger partial charge in [0, 0.05) is 25.8 Å². The molecular weight excluding hydrogens is 298 g/mol. The first-order valence-corrected chi connectivity index (χ1v) is 6.63. The third-order valence-corrected chi connectivity index (χ3v) is 3.71. The van der Waals surface area contributed by atoms with E-state index in [2.05, 4.69) is 36.0 Å². The Morgan fingerprint density at radius 2 is 2.44 bits per heavy atom. The first-order valence-electron chi connectivity index (χ1n) is 5.84. The van der Waals surface area contributed by atoms with Gasteiger partial charge in [-0.15, -0.1) is 0 Å². The van der Waals surface area contributed by atoms with Gasteiger partial charge in [-0.25, -0.2) is 4.98 Å². The summed E-state index contributed by atoms with van der Waals surface area (Å²) in [7, 11) is 0. The third kappa shape index (κ3) is 1.98. The maximum atomic E-state index is 5.68. The van der Waals surface area contributed by atoms with Crippen molar-refractivity contribution in [1.82, 2.24) is 15.2 Å². The summed E-state index contributed by atoms with van der Waals surface area (Å²) >= 11 is 3.56. The van der Waals surface area contributed by atoms with E-state index >= 15 is 0 Å². The molecule has 1 fully saturated rings. The van der Waals surface area contributed by atoms with E-state index in [0.29, 0.717) is 13.2 Å². The number of pyridine rings is 1. The van der Waals surface area contributed by atoms with Gasteiger partial charge in [-0.1, -0.05) is 0 Å². The minimum absolute atomic E-state index is 0.0840. The number of rotatable bonds is 2. The summed E-state index contributed by atoms with van der Waals surface area (Å²) in [5.41, 5.74) is 7.58. The van der Waals surface area contributed by atoms with Gasteiger partial charge >= 0.3 is 0 Å². The molecule has 3 heterocycles. The molecule has 18 heavy (non-hydrogen) atoms. The number of H-pyrrole nitrogens is 1. The molecule has 96 valence electrons. The summed E-state index contributed by atoms with van der Waals surface area (Å²) in [6.07, 6.45) is 3.68. The van der Waals surface area contributed by atoms with E-state index in [1.807, 2.05) is 0 Å². The molecule has 2 aromatic heterocycles. The van der Waals surface area contributed by atoms with E-state index in [1.54, 1.807) is 12.4 Å². The quantitative estimate of drug-likeness (QED) is 0.861. The highest BCUT2D eigenvalue weighted by atomic mass is 79.9. The van der Waals surface area contributed by atoms with E-state index in [0.717, 1.165) is 34.3 Å². The lowest BCUT2D eigenvalue weighted by Gasteiger charge is -2.34. The number of anilines is 1. The van der Waals surface area contributed by atoms with Crippen LogP contribution in [0.3, 0.4) is 0 Å². The van der Waals surface area contributed by atoms with Crippen LogP contribution >= 0.6 is 15.9 Å². The largest absolute Gasteiger partial charge is 0.373 e. The summed E-state index contributed by atoms with van der Waals surface area (Å²) in [4.78, 5) is 6.56. The molecule has 1 aliphatic heterocycles. The molecule has 7 heteroatoms. The number of nitrogens with zero attached hydrogens (tertiary/aromatic N) is 3. The fraction of sp³-hybridized carbons (Fsp3) is 0.455. The molecule has 0 aliphatic carbocycles. The first kappa shape index (κ1) is 11.9. The molecule has 2 aromatic rings. The SMILES string of the molecule is NC[C@H]1CN(c2c(Br)cnc3[nH]ncc23)CCO1. The van der Waals surface area contributed by atoms with E-state index in [-0.39, 0.29) is 6.10 Å². The Kier molecular flexibility index (Phi) is 3.19. The van der Waals surface area contributed by atoms with E-state index in [9.17, 15) is 0 Å². The summed E-state index contributed by atoms with van der Waals surface area (Å²) in [5, 5.41) is 7.95. The van der Waals surface area contributed by atoms with E-state index in [1.165, 1.54) is 0 Å². The molecule has 1 atom stereocenters. The molecule has 0 radical (unpaired) electrons. The van der Waals surface area contributed by atoms with Gasteiger partial charge in [0.2, 0.25) is 0 Å². The maximum Gasteiger partial charge on any atom is 0.157 e. The predicted octanol–water partition coefficient (Wildman–Crippen LogP) is 0.884. The zero-order chi connectivity index (χ0) is 12.5. The van der Waals surface area contributed by atoms with Crippen LogP contribution in [0.2, 0.25) is 0 Å². The standard InChI is InChI=1S/C11H14BrN5O/c12-9-5-14-11-8(4-15-16-11)10(9)17-1-2-18-7(3-13)6-17/h4-5,7H,1-3,6,13H2,(H,14,15,16)/t7-/m0/s1. The lowest BCUT2D eigenvalue weighted by molar-refractivity contribution is 0.0466. The second-order valence-electron chi connectivity index (χ2n) is 4.26. The minimum atomic E-state index is 0.0840. The van der Waals surface area contributed by atoms with Crippen molar-refractivity contribution in [3.05, 3.63) is 16.9 Å². The van der Waals surface area contributed by atoms with Gasteiger partial charge in [0.05, 0.1) is 34.5 Å². The zero-order valence-electron chi connectivity index (χ0n) is 9.77. The Balaban J connectivity index is 2.02. The highest BCUT2D eigenvalue weighted by molar-refractivity contribution is 9.10. The fourth-order valence-electron chi connectivity index (χ4n) is 2.25. The minimum Gasteiger partial charge on any atom is -0.373 e. The molecule has 1 aliphatic rings. The number of hydrogen-bond acceptors (Lipinski definition) is 5. The monoisotopic (exact) mass is 311 g/mol. The molecule has 1 saturated heterocycles. The van der Waals surface area contributed by atoms with Crippen LogP contribution < -0.4 is 10.6 Å². The molecule has 0 aromatic carbocycles. The highest BCUT2D eigenvalue weighted by Gasteiger charge is 2.23. The van der Waals surface area contributed by atoms with Crippen molar-refractivity contribution >= 4 is 32.7 Å². The summed E-state index contributed by atoms with van der Waals surface area (Å²) in [6, 6.07) is 0. The number of fused-ring (bicyclic) bond motifs is 1. The highest BCUT2D eigenvalue weighted by Crippen LogP contribution is 2.33. The van der Waals surface area contributed by atoms with Crippen molar-refractivity contribution in [1.29, 1.82) is 0 Å². The second-order valence-corrected chi connectivity index (χ2v) is 5.12. The molecule has 0 saturated carbocycles. The predicted molar refractivity (Wildman–Crippen MR) is 72.6 cm³/mol. The van der Waals surface area contributed by atoms with Crippen LogP contribution in [0, 0.1) is 0 Å². The van der Waals surface area contributed by atoms with Crippen LogP contribution in [-0.4, -0.2) is 47.5 Å². The van der Waals surface area contributed by atoms with Gasteiger partial charge in [0.15, 0.2) is 5.65 Å². The van der Waals surface area contributed by atoms with E-state index in [4.69, 9.17) is 10.5 Å². The Morgan fingerprint density at radius 3 is 3.28 bits per heavy atom. The lowest BCUT2D eigenvalue weighted by atomic mass is 10.2. The fourth-order valence-corrected chi connectivity index (χ4v) is 2.82. The Morgan fingerprint density at radius 1 is 1.56 bits per heavy atom. The molecule has 3 rings (SSSR count). The number of nitrogens with one attached hydrogen (secondary N) is 1. The van der Waals surface area contributed by atoms with Crippen molar-refractivity contribution in [3.8, 4) is 0 Å². The van der Waals surface area contributed by atoms with Gasteiger partial charge in [0.25, 0.3) is 0 Å². The topological polar surface area (TPSA) is 80.1 Å². The van der Waals surface area contributed by atoms with Crippen LogP contribution in [0.15, 0.2) is 16.9 Å². The first-order chi connectivity index (χ1) is 8.79. The van der Waals surface area contributed by atoms with Gasteiger partial charge in [-0.3, -0.25) is 5.10 Å². The van der Waals surface area contributed by atoms with Crippen LogP contribution in [-0.2, 0) is 4.74 Å². The number of ether oxygens (including phenoxy) is 1. The molecule has 0 amide bonds. The smallest absolute Gasteiger partial charge is 0.157 e. The second kappa shape index (κ2) is 4.83. The van der Waals surface area contributed by atoms with Crippen molar-refractivity contribution in [2.45, 2.75) is 6.10 Å². The molecular formula is C11H14BrN5O. The zero-order valence-corrected chi connectivity index (χ0v) is 11.4. The van der Waals surface area contributed by atoms with Gasteiger partial charge in [0.1, 0.15) is 0 Å². The Hall–Kier alpha value is -1.18. The summed E-state index contributed by atoms with van der Waals surface area (Å²) in [5.74, 6) is 0. The average molecular weight is 312 g/mol. The number of nitrogens with two attached hydrogens (primary N) is 1. The Labute approximate surface area is 113 Å². The number of aromatic amines is 1. The molecule has 3 N–H and O–H groups in total. The van der Waals surface area contributed by atoms with Crippen molar-refractivity contribution in [2.24, 2.45) is 5.73 Å². The number of aromatic nitrogens is 3. The number of halogens is 1. The van der Waals surface area contributed by atoms with E-state index < -0.39 is 0 Å². The third-order valence-electron chi connectivity index (χ3n) is 3.13. The summed E-state index contributed by atoms with van der Waals surface area (Å²) < 4.78 is 6.56.